The number of hydrogen-bond donors (Lipinski definition) is 1. The first kappa shape index (κ1) is 16.3. The number of carbonyl (C=O) groups is 1. The number of nitrogens with one attached hydrogen (secondary N) is 1. The molecule has 1 fully saturated rings. The molecule has 0 radical (unpaired) electrons. The second kappa shape index (κ2) is 6.90. The van der Waals surface area contributed by atoms with Gasteiger partial charge in [-0.1, -0.05) is 19.8 Å². The maximum Gasteiger partial charge on any atom is 0.280 e. The lowest BCUT2D eigenvalue weighted by atomic mass is 9.86. The van der Waals surface area contributed by atoms with Crippen LogP contribution < -0.4 is 14.8 Å². The van der Waals surface area contributed by atoms with Gasteiger partial charge in [0.15, 0.2) is 11.5 Å². The van der Waals surface area contributed by atoms with Crippen molar-refractivity contribution in [1.82, 2.24) is 5.32 Å². The van der Waals surface area contributed by atoms with E-state index in [0.717, 1.165) is 19.3 Å². The molecule has 0 saturated heterocycles. The van der Waals surface area contributed by atoms with E-state index in [1.807, 2.05) is 0 Å². The lowest BCUT2D eigenvalue weighted by Gasteiger charge is -2.29. The van der Waals surface area contributed by atoms with Crippen molar-refractivity contribution in [3.05, 3.63) is 33.9 Å². The molecule has 7 heteroatoms. The van der Waals surface area contributed by atoms with Crippen molar-refractivity contribution < 1.29 is 19.2 Å². The Bertz CT molecular complexity index is 686. The summed E-state index contributed by atoms with van der Waals surface area (Å²) < 4.78 is 10.4. The molecule has 2 aliphatic rings. The molecular weight excluding hydrogens is 312 g/mol. The quantitative estimate of drug-likeness (QED) is 0.520. The number of rotatable bonds is 4. The third kappa shape index (κ3) is 3.50. The first-order valence-electron chi connectivity index (χ1n) is 8.11. The second-order valence-corrected chi connectivity index (χ2v) is 6.23. The van der Waals surface area contributed by atoms with E-state index in [1.165, 1.54) is 30.7 Å². The molecule has 24 heavy (non-hydrogen) atoms. The summed E-state index contributed by atoms with van der Waals surface area (Å²) in [6, 6.07) is 3.01. The molecule has 7 nitrogen and oxygen atoms in total. The van der Waals surface area contributed by atoms with Crippen LogP contribution >= 0.6 is 0 Å². The molecule has 1 N–H and O–H groups in total. The molecule has 1 aromatic rings. The number of nitrogens with zero attached hydrogens (tertiary/aromatic N) is 1. The van der Waals surface area contributed by atoms with E-state index in [0.29, 0.717) is 23.0 Å². The topological polar surface area (TPSA) is 90.7 Å². The fourth-order valence-corrected chi connectivity index (χ4v) is 3.17. The van der Waals surface area contributed by atoms with E-state index in [-0.39, 0.29) is 24.4 Å². The molecule has 0 aromatic heterocycles. The SMILES string of the molecule is C[C@H]1CCCC[C@H]1NC(=O)/C=C/c1cc2c(cc1[N+](=O)[O-])OCO2. The van der Waals surface area contributed by atoms with Crippen molar-refractivity contribution in [2.24, 2.45) is 5.92 Å². The van der Waals surface area contributed by atoms with Gasteiger partial charge >= 0.3 is 0 Å². The monoisotopic (exact) mass is 332 g/mol. The Labute approximate surface area is 139 Å². The summed E-state index contributed by atoms with van der Waals surface area (Å²) >= 11 is 0. The van der Waals surface area contributed by atoms with E-state index in [9.17, 15) is 14.9 Å². The van der Waals surface area contributed by atoms with Crippen LogP contribution in [0.15, 0.2) is 18.2 Å². The van der Waals surface area contributed by atoms with Gasteiger partial charge in [0, 0.05) is 12.1 Å². The first-order valence-corrected chi connectivity index (χ1v) is 8.11. The zero-order chi connectivity index (χ0) is 17.1. The highest BCUT2D eigenvalue weighted by molar-refractivity contribution is 5.92. The predicted molar refractivity (Wildman–Crippen MR) is 87.8 cm³/mol. The van der Waals surface area contributed by atoms with Crippen molar-refractivity contribution in [3.63, 3.8) is 0 Å². The Morgan fingerprint density at radius 1 is 1.29 bits per heavy atom. The van der Waals surface area contributed by atoms with Gasteiger partial charge in [-0.15, -0.1) is 0 Å². The van der Waals surface area contributed by atoms with Crippen LogP contribution in [-0.2, 0) is 4.79 Å². The number of fused-ring (bicyclic) bond motifs is 1. The highest BCUT2D eigenvalue weighted by Gasteiger charge is 2.23. The summed E-state index contributed by atoms with van der Waals surface area (Å²) in [6.07, 6.45) is 7.20. The van der Waals surface area contributed by atoms with Gasteiger partial charge in [0.1, 0.15) is 0 Å². The van der Waals surface area contributed by atoms with Gasteiger partial charge in [0.2, 0.25) is 12.7 Å². The van der Waals surface area contributed by atoms with Crippen molar-refractivity contribution in [2.45, 2.75) is 38.6 Å². The van der Waals surface area contributed by atoms with Gasteiger partial charge < -0.3 is 14.8 Å². The Morgan fingerprint density at radius 3 is 2.71 bits per heavy atom. The average molecular weight is 332 g/mol. The summed E-state index contributed by atoms with van der Waals surface area (Å²) in [5, 5.41) is 14.2. The van der Waals surface area contributed by atoms with Gasteiger partial charge in [-0.05, 0) is 30.9 Å². The third-order valence-electron chi connectivity index (χ3n) is 4.57. The molecule has 2 atom stereocenters. The van der Waals surface area contributed by atoms with Crippen LogP contribution in [0, 0.1) is 16.0 Å². The molecule has 0 bridgehead atoms. The maximum absolute atomic E-state index is 12.1. The number of ether oxygens (including phenoxy) is 2. The molecule has 3 rings (SSSR count). The molecule has 128 valence electrons. The molecule has 1 saturated carbocycles. The van der Waals surface area contributed by atoms with Crippen molar-refractivity contribution >= 4 is 17.7 Å². The van der Waals surface area contributed by atoms with Crippen molar-refractivity contribution in [3.8, 4) is 11.5 Å². The summed E-state index contributed by atoms with van der Waals surface area (Å²) in [5.74, 6) is 1.01. The first-order chi connectivity index (χ1) is 11.5. The van der Waals surface area contributed by atoms with Gasteiger partial charge in [0.05, 0.1) is 16.6 Å². The van der Waals surface area contributed by atoms with Crippen LogP contribution in [0.2, 0.25) is 0 Å². The number of carbonyl (C=O) groups excluding carboxylic acids is 1. The molecule has 0 unspecified atom stereocenters. The summed E-state index contributed by atoms with van der Waals surface area (Å²) in [5.41, 5.74) is 0.199. The molecule has 1 aromatic carbocycles. The smallest absolute Gasteiger partial charge is 0.280 e. The molecule has 1 aliphatic carbocycles. The number of nitro groups is 1. The van der Waals surface area contributed by atoms with Crippen LogP contribution in [0.25, 0.3) is 6.08 Å². The second-order valence-electron chi connectivity index (χ2n) is 6.23. The van der Waals surface area contributed by atoms with Gasteiger partial charge in [0.25, 0.3) is 5.69 Å². The number of hydrogen-bond acceptors (Lipinski definition) is 5. The minimum absolute atomic E-state index is 0.0414. The molecular formula is C17H20N2O5. The summed E-state index contributed by atoms with van der Waals surface area (Å²) in [6.45, 7) is 2.18. The van der Waals surface area contributed by atoms with Crippen LogP contribution in [0.3, 0.4) is 0 Å². The van der Waals surface area contributed by atoms with E-state index < -0.39 is 4.92 Å². The van der Waals surface area contributed by atoms with Gasteiger partial charge in [-0.2, -0.15) is 0 Å². The fourth-order valence-electron chi connectivity index (χ4n) is 3.17. The molecule has 0 spiro atoms. The zero-order valence-electron chi connectivity index (χ0n) is 13.5. The Balaban J connectivity index is 1.73. The average Bonchev–Trinajstić information content (AvgIpc) is 3.01. The Kier molecular flexibility index (Phi) is 4.69. The third-order valence-corrected chi connectivity index (χ3v) is 4.57. The minimum Gasteiger partial charge on any atom is -0.454 e. The van der Waals surface area contributed by atoms with Crippen molar-refractivity contribution in [1.29, 1.82) is 0 Å². The normalized spacial score (nSPS) is 22.5. The van der Waals surface area contributed by atoms with Crippen molar-refractivity contribution in [2.75, 3.05) is 6.79 Å². The minimum atomic E-state index is -0.497. The fraction of sp³-hybridized carbons (Fsp3) is 0.471. The predicted octanol–water partition coefficient (Wildman–Crippen LogP) is 3.03. The van der Waals surface area contributed by atoms with E-state index in [1.54, 1.807) is 0 Å². The van der Waals surface area contributed by atoms with Gasteiger partial charge in [-0.25, -0.2) is 0 Å². The number of nitro benzene ring substituents is 1. The number of benzene rings is 1. The van der Waals surface area contributed by atoms with Crippen LogP contribution in [-0.4, -0.2) is 23.7 Å². The van der Waals surface area contributed by atoms with E-state index in [2.05, 4.69) is 12.2 Å². The van der Waals surface area contributed by atoms with Crippen LogP contribution in [0.1, 0.15) is 38.2 Å². The molecule has 1 heterocycles. The van der Waals surface area contributed by atoms with Gasteiger partial charge in [-0.3, -0.25) is 14.9 Å². The van der Waals surface area contributed by atoms with Crippen LogP contribution in [0.4, 0.5) is 5.69 Å². The molecule has 1 amide bonds. The zero-order valence-corrected chi connectivity index (χ0v) is 13.5. The summed E-state index contributed by atoms with van der Waals surface area (Å²) in [7, 11) is 0. The largest absolute Gasteiger partial charge is 0.454 e. The lowest BCUT2D eigenvalue weighted by Crippen LogP contribution is -2.40. The number of amides is 1. The highest BCUT2D eigenvalue weighted by atomic mass is 16.7. The Hall–Kier alpha value is -2.57. The lowest BCUT2D eigenvalue weighted by molar-refractivity contribution is -0.385. The molecule has 1 aliphatic heterocycles. The maximum atomic E-state index is 12.1. The van der Waals surface area contributed by atoms with E-state index in [4.69, 9.17) is 9.47 Å². The standard InChI is InChI=1S/C17H20N2O5/c1-11-4-2-3-5-13(11)18-17(20)7-6-12-8-15-16(24-10-23-15)9-14(12)19(21)22/h6-9,11,13H,2-5,10H2,1H3,(H,18,20)/b7-6+/t11-,13+/m0/s1. The van der Waals surface area contributed by atoms with E-state index >= 15 is 0 Å². The van der Waals surface area contributed by atoms with Crippen LogP contribution in [0.5, 0.6) is 11.5 Å². The Morgan fingerprint density at radius 2 is 2.00 bits per heavy atom. The summed E-state index contributed by atoms with van der Waals surface area (Å²) in [4.78, 5) is 22.8. The highest BCUT2D eigenvalue weighted by Crippen LogP contribution is 2.38.